The summed E-state index contributed by atoms with van der Waals surface area (Å²) in [5, 5.41) is 8.52. The highest BCUT2D eigenvalue weighted by Crippen LogP contribution is 2.27. The van der Waals surface area contributed by atoms with Crippen molar-refractivity contribution in [2.75, 3.05) is 5.32 Å². The predicted octanol–water partition coefficient (Wildman–Crippen LogP) is 6.11. The molecule has 0 spiro atoms. The molecule has 1 amide bonds. The SMILES string of the molecule is Cc1cccc(-c2nc(C(=O)Nc3ccc(Cl)cc3)nn2-c2cccc(Cl)c2C)c1. The van der Waals surface area contributed by atoms with Gasteiger partial charge in [0.2, 0.25) is 5.82 Å². The van der Waals surface area contributed by atoms with Crippen LogP contribution in [0.25, 0.3) is 17.1 Å². The van der Waals surface area contributed by atoms with Gasteiger partial charge in [0.25, 0.3) is 5.91 Å². The highest BCUT2D eigenvalue weighted by atomic mass is 35.5. The van der Waals surface area contributed by atoms with E-state index in [1.54, 1.807) is 28.9 Å². The van der Waals surface area contributed by atoms with Gasteiger partial charge in [-0.2, -0.15) is 0 Å². The van der Waals surface area contributed by atoms with Gasteiger partial charge in [0.15, 0.2) is 5.82 Å². The van der Waals surface area contributed by atoms with Gasteiger partial charge in [-0.05, 0) is 61.9 Å². The van der Waals surface area contributed by atoms with Crippen LogP contribution in [-0.2, 0) is 0 Å². The third kappa shape index (κ3) is 4.08. The van der Waals surface area contributed by atoms with Gasteiger partial charge in [0, 0.05) is 21.3 Å². The van der Waals surface area contributed by atoms with Crippen molar-refractivity contribution in [3.63, 3.8) is 0 Å². The van der Waals surface area contributed by atoms with E-state index in [1.807, 2.05) is 56.3 Å². The van der Waals surface area contributed by atoms with E-state index in [2.05, 4.69) is 15.4 Å². The maximum Gasteiger partial charge on any atom is 0.295 e. The quantitative estimate of drug-likeness (QED) is 0.419. The molecule has 0 saturated carbocycles. The number of hydrogen-bond acceptors (Lipinski definition) is 3. The minimum absolute atomic E-state index is 0.0563. The van der Waals surface area contributed by atoms with Crippen LogP contribution in [0.4, 0.5) is 5.69 Å². The average molecular weight is 437 g/mol. The molecule has 4 aromatic rings. The minimum atomic E-state index is -0.412. The van der Waals surface area contributed by atoms with Crippen molar-refractivity contribution < 1.29 is 4.79 Å². The molecule has 150 valence electrons. The summed E-state index contributed by atoms with van der Waals surface area (Å²) in [7, 11) is 0. The average Bonchev–Trinajstić information content (AvgIpc) is 3.17. The maximum atomic E-state index is 12.8. The molecule has 1 N–H and O–H groups in total. The standard InChI is InChI=1S/C23H18Cl2N4O/c1-14-5-3-6-16(13-14)22-27-21(23(30)26-18-11-9-17(24)10-12-18)28-29(22)20-8-4-7-19(25)15(20)2/h3-13H,1-2H3,(H,26,30). The molecule has 0 unspecified atom stereocenters. The Kier molecular flexibility index (Phi) is 5.57. The Morgan fingerprint density at radius 2 is 1.70 bits per heavy atom. The Morgan fingerprint density at radius 3 is 2.43 bits per heavy atom. The first-order chi connectivity index (χ1) is 14.4. The predicted molar refractivity (Wildman–Crippen MR) is 121 cm³/mol. The summed E-state index contributed by atoms with van der Waals surface area (Å²) in [5.74, 6) is 0.204. The number of aromatic nitrogens is 3. The minimum Gasteiger partial charge on any atom is -0.319 e. The molecule has 0 aliphatic heterocycles. The Hall–Kier alpha value is -3.15. The lowest BCUT2D eigenvalue weighted by molar-refractivity contribution is 0.101. The van der Waals surface area contributed by atoms with Crippen molar-refractivity contribution >= 4 is 34.8 Å². The summed E-state index contributed by atoms with van der Waals surface area (Å²) in [6.45, 7) is 3.91. The second-order valence-corrected chi connectivity index (χ2v) is 7.73. The molecular formula is C23H18Cl2N4O. The number of amides is 1. The van der Waals surface area contributed by atoms with E-state index in [0.717, 1.165) is 22.4 Å². The van der Waals surface area contributed by atoms with Crippen molar-refractivity contribution in [3.8, 4) is 17.1 Å². The number of nitrogens with zero attached hydrogens (tertiary/aromatic N) is 3. The van der Waals surface area contributed by atoms with Crippen molar-refractivity contribution in [2.24, 2.45) is 0 Å². The van der Waals surface area contributed by atoms with Crippen LogP contribution >= 0.6 is 23.2 Å². The molecule has 0 aliphatic rings. The highest BCUT2D eigenvalue weighted by Gasteiger charge is 2.20. The van der Waals surface area contributed by atoms with Gasteiger partial charge in [-0.15, -0.1) is 5.10 Å². The van der Waals surface area contributed by atoms with E-state index in [9.17, 15) is 4.79 Å². The number of benzene rings is 3. The van der Waals surface area contributed by atoms with E-state index in [-0.39, 0.29) is 5.82 Å². The molecule has 0 fully saturated rings. The summed E-state index contributed by atoms with van der Waals surface area (Å²) in [6, 6.07) is 20.3. The van der Waals surface area contributed by atoms with Gasteiger partial charge in [0.1, 0.15) is 0 Å². The molecule has 7 heteroatoms. The van der Waals surface area contributed by atoms with E-state index >= 15 is 0 Å². The van der Waals surface area contributed by atoms with E-state index < -0.39 is 5.91 Å². The maximum absolute atomic E-state index is 12.8. The van der Waals surface area contributed by atoms with Crippen LogP contribution in [0.1, 0.15) is 21.7 Å². The van der Waals surface area contributed by atoms with Crippen LogP contribution in [0.3, 0.4) is 0 Å². The lowest BCUT2D eigenvalue weighted by atomic mass is 10.1. The fraction of sp³-hybridized carbons (Fsp3) is 0.0870. The number of carbonyl (C=O) groups is 1. The molecule has 0 saturated heterocycles. The number of aryl methyl sites for hydroxylation is 1. The topological polar surface area (TPSA) is 59.8 Å². The summed E-state index contributed by atoms with van der Waals surface area (Å²) < 4.78 is 1.66. The molecule has 30 heavy (non-hydrogen) atoms. The first-order valence-corrected chi connectivity index (χ1v) is 10.0. The zero-order valence-corrected chi connectivity index (χ0v) is 17.9. The van der Waals surface area contributed by atoms with Crippen LogP contribution in [-0.4, -0.2) is 20.7 Å². The van der Waals surface area contributed by atoms with Crippen molar-refractivity contribution in [3.05, 3.63) is 93.7 Å². The van der Waals surface area contributed by atoms with Crippen LogP contribution in [0.2, 0.25) is 10.0 Å². The van der Waals surface area contributed by atoms with E-state index in [1.165, 1.54) is 0 Å². The van der Waals surface area contributed by atoms with Gasteiger partial charge >= 0.3 is 0 Å². The zero-order chi connectivity index (χ0) is 21.3. The normalized spacial score (nSPS) is 10.8. The highest BCUT2D eigenvalue weighted by molar-refractivity contribution is 6.31. The van der Waals surface area contributed by atoms with Crippen LogP contribution in [0.15, 0.2) is 66.7 Å². The molecule has 0 atom stereocenters. The Bertz CT molecular complexity index is 1230. The van der Waals surface area contributed by atoms with Crippen LogP contribution < -0.4 is 5.32 Å². The number of rotatable bonds is 4. The Morgan fingerprint density at radius 1 is 0.967 bits per heavy atom. The molecule has 1 aromatic heterocycles. The first-order valence-electron chi connectivity index (χ1n) is 9.29. The summed E-state index contributed by atoms with van der Waals surface area (Å²) in [6.07, 6.45) is 0. The van der Waals surface area contributed by atoms with Crippen LogP contribution in [0, 0.1) is 13.8 Å². The third-order valence-corrected chi connectivity index (χ3v) is 5.32. The van der Waals surface area contributed by atoms with Gasteiger partial charge in [-0.3, -0.25) is 4.79 Å². The Labute approximate surface area is 184 Å². The van der Waals surface area contributed by atoms with Gasteiger partial charge < -0.3 is 5.32 Å². The van der Waals surface area contributed by atoms with Gasteiger partial charge in [-0.1, -0.05) is 53.0 Å². The molecule has 0 bridgehead atoms. The number of halogens is 2. The monoisotopic (exact) mass is 436 g/mol. The van der Waals surface area contributed by atoms with Gasteiger partial charge in [0.05, 0.1) is 5.69 Å². The molecule has 0 radical (unpaired) electrons. The molecular weight excluding hydrogens is 419 g/mol. The smallest absolute Gasteiger partial charge is 0.295 e. The molecule has 4 rings (SSSR count). The molecule has 1 heterocycles. The fourth-order valence-corrected chi connectivity index (χ4v) is 3.39. The second-order valence-electron chi connectivity index (χ2n) is 6.89. The molecule has 3 aromatic carbocycles. The second kappa shape index (κ2) is 8.30. The number of nitrogens with one attached hydrogen (secondary N) is 1. The zero-order valence-electron chi connectivity index (χ0n) is 16.4. The first kappa shape index (κ1) is 20.1. The van der Waals surface area contributed by atoms with E-state index in [0.29, 0.717) is 21.6 Å². The van der Waals surface area contributed by atoms with Crippen molar-refractivity contribution in [2.45, 2.75) is 13.8 Å². The largest absolute Gasteiger partial charge is 0.319 e. The lowest BCUT2D eigenvalue weighted by Crippen LogP contribution is -2.14. The van der Waals surface area contributed by atoms with Crippen molar-refractivity contribution in [1.29, 1.82) is 0 Å². The summed E-state index contributed by atoms with van der Waals surface area (Å²) in [4.78, 5) is 17.4. The number of anilines is 1. The fourth-order valence-electron chi connectivity index (χ4n) is 3.09. The summed E-state index contributed by atoms with van der Waals surface area (Å²) >= 11 is 12.2. The number of hydrogen-bond donors (Lipinski definition) is 1. The summed E-state index contributed by atoms with van der Waals surface area (Å²) in [5.41, 5.74) is 4.15. The van der Waals surface area contributed by atoms with E-state index in [4.69, 9.17) is 23.2 Å². The van der Waals surface area contributed by atoms with Crippen LogP contribution in [0.5, 0.6) is 0 Å². The Balaban J connectivity index is 1.80. The lowest BCUT2D eigenvalue weighted by Gasteiger charge is -2.10. The number of carbonyl (C=O) groups excluding carboxylic acids is 1. The molecule has 0 aliphatic carbocycles. The third-order valence-electron chi connectivity index (χ3n) is 4.66. The van der Waals surface area contributed by atoms with Gasteiger partial charge in [-0.25, -0.2) is 9.67 Å². The molecule has 5 nitrogen and oxygen atoms in total. The van der Waals surface area contributed by atoms with Crippen molar-refractivity contribution in [1.82, 2.24) is 14.8 Å².